The average molecular weight is 241 g/mol. The van der Waals surface area contributed by atoms with E-state index in [0.717, 1.165) is 32.2 Å². The van der Waals surface area contributed by atoms with E-state index in [1.165, 1.54) is 0 Å². The Bertz CT molecular complexity index is 282. The molecule has 4 heteroatoms. The fourth-order valence-corrected chi connectivity index (χ4v) is 3.40. The van der Waals surface area contributed by atoms with Gasteiger partial charge in [0.2, 0.25) is 5.91 Å². The Kier molecular flexibility index (Phi) is 4.05. The van der Waals surface area contributed by atoms with Crippen LogP contribution >= 0.6 is 0 Å². The maximum atomic E-state index is 12.0. The van der Waals surface area contributed by atoms with Crippen molar-refractivity contribution in [2.24, 2.45) is 11.8 Å². The van der Waals surface area contributed by atoms with Gasteiger partial charge in [0.05, 0.1) is 12.1 Å². The van der Waals surface area contributed by atoms with Gasteiger partial charge < -0.3 is 14.7 Å². The molecule has 1 aliphatic carbocycles. The van der Waals surface area contributed by atoms with Crippen molar-refractivity contribution in [3.63, 3.8) is 0 Å². The first-order chi connectivity index (χ1) is 8.17. The maximum absolute atomic E-state index is 12.0. The summed E-state index contributed by atoms with van der Waals surface area (Å²) in [5.74, 6) is 0.944. The number of nitrogens with zero attached hydrogens (tertiary/aromatic N) is 1. The lowest BCUT2D eigenvalue weighted by Crippen LogP contribution is -2.51. The lowest BCUT2D eigenvalue weighted by molar-refractivity contribution is -0.142. The van der Waals surface area contributed by atoms with Gasteiger partial charge in [-0.05, 0) is 31.1 Å². The number of hydrogen-bond donors (Lipinski definition) is 1. The topological polar surface area (TPSA) is 49.8 Å². The monoisotopic (exact) mass is 241 g/mol. The minimum atomic E-state index is -0.353. The van der Waals surface area contributed by atoms with Crippen LogP contribution in [-0.2, 0) is 9.53 Å². The smallest absolute Gasteiger partial charge is 0.248 e. The molecule has 3 aliphatic rings. The van der Waals surface area contributed by atoms with Crippen LogP contribution in [0.5, 0.6) is 0 Å². The summed E-state index contributed by atoms with van der Waals surface area (Å²) < 4.78 is 4.92. The van der Waals surface area contributed by atoms with E-state index < -0.39 is 0 Å². The standard InChI is InChI=1S/C13H23NO3/c1-3-10-6-9-4-5-11(13(10)16)14(7-9)12(15)8-17-2/h9-11,13,16H,3-8H2,1-2H3/t9-,10+,11?,13+/m1/s1. The number of rotatable bonds is 3. The Labute approximate surface area is 103 Å². The van der Waals surface area contributed by atoms with Crippen molar-refractivity contribution >= 4 is 5.91 Å². The summed E-state index contributed by atoms with van der Waals surface area (Å²) in [5.41, 5.74) is 0. The fraction of sp³-hybridized carbons (Fsp3) is 0.923. The first-order valence-electron chi connectivity index (χ1n) is 6.63. The molecule has 3 rings (SSSR count). The molecule has 0 aromatic carbocycles. The highest BCUT2D eigenvalue weighted by molar-refractivity contribution is 5.78. The lowest BCUT2D eigenvalue weighted by Gasteiger charge is -2.38. The number of aliphatic hydroxyl groups excluding tert-OH is 1. The number of amides is 1. The van der Waals surface area contributed by atoms with Gasteiger partial charge in [0.1, 0.15) is 6.61 Å². The minimum absolute atomic E-state index is 0.0151. The van der Waals surface area contributed by atoms with Crippen molar-refractivity contribution in [3.8, 4) is 0 Å². The number of aliphatic hydroxyl groups is 1. The molecule has 1 saturated carbocycles. The Morgan fingerprint density at radius 3 is 2.88 bits per heavy atom. The van der Waals surface area contributed by atoms with Crippen LogP contribution in [0.25, 0.3) is 0 Å². The van der Waals surface area contributed by atoms with Gasteiger partial charge >= 0.3 is 0 Å². The summed E-state index contributed by atoms with van der Waals surface area (Å²) in [5, 5.41) is 10.4. The minimum Gasteiger partial charge on any atom is -0.391 e. The van der Waals surface area contributed by atoms with Crippen LogP contribution < -0.4 is 0 Å². The van der Waals surface area contributed by atoms with Crippen LogP contribution in [0.15, 0.2) is 0 Å². The molecule has 0 aromatic heterocycles. The fourth-order valence-electron chi connectivity index (χ4n) is 3.40. The second kappa shape index (κ2) is 5.36. The van der Waals surface area contributed by atoms with Gasteiger partial charge in [-0.2, -0.15) is 0 Å². The molecule has 2 saturated heterocycles. The number of fused-ring (bicyclic) bond motifs is 4. The van der Waals surface area contributed by atoms with Crippen molar-refractivity contribution in [1.82, 2.24) is 4.90 Å². The summed E-state index contributed by atoms with van der Waals surface area (Å²) in [7, 11) is 1.54. The van der Waals surface area contributed by atoms with Gasteiger partial charge in [0.15, 0.2) is 0 Å². The highest BCUT2D eigenvalue weighted by Gasteiger charge is 2.42. The number of methoxy groups -OCH3 is 1. The second-order valence-electron chi connectivity index (χ2n) is 5.38. The third-order valence-electron chi connectivity index (χ3n) is 4.35. The van der Waals surface area contributed by atoms with E-state index in [0.29, 0.717) is 11.8 Å². The predicted molar refractivity (Wildman–Crippen MR) is 64.5 cm³/mol. The van der Waals surface area contributed by atoms with Crippen LogP contribution in [0.1, 0.15) is 32.6 Å². The lowest BCUT2D eigenvalue weighted by atomic mass is 9.91. The number of carbonyl (C=O) groups is 1. The molecule has 1 amide bonds. The normalized spacial score (nSPS) is 37.0. The molecule has 98 valence electrons. The molecule has 1 unspecified atom stereocenters. The molecule has 0 aromatic rings. The van der Waals surface area contributed by atoms with Crippen LogP contribution in [0.3, 0.4) is 0 Å². The van der Waals surface area contributed by atoms with Crippen LogP contribution in [-0.4, -0.2) is 48.3 Å². The number of carbonyl (C=O) groups excluding carboxylic acids is 1. The average Bonchev–Trinajstić information content (AvgIpc) is 2.57. The van der Waals surface area contributed by atoms with Gasteiger partial charge in [-0.3, -0.25) is 4.79 Å². The predicted octanol–water partition coefficient (Wildman–Crippen LogP) is 1.03. The van der Waals surface area contributed by atoms with E-state index in [4.69, 9.17) is 4.74 Å². The Hall–Kier alpha value is -0.610. The molecule has 4 nitrogen and oxygen atoms in total. The molecule has 0 radical (unpaired) electrons. The SMILES string of the molecule is CC[C@H]1C[C@H]2CCC([C@H]1O)N(C(=O)COC)C2. The van der Waals surface area contributed by atoms with E-state index in [9.17, 15) is 9.90 Å². The molecule has 2 aliphatic heterocycles. The molecule has 3 fully saturated rings. The summed E-state index contributed by atoms with van der Waals surface area (Å²) in [6, 6.07) is 0.0151. The van der Waals surface area contributed by atoms with Gasteiger partial charge in [0, 0.05) is 13.7 Å². The quantitative estimate of drug-likeness (QED) is 0.803. The largest absolute Gasteiger partial charge is 0.391 e. The summed E-state index contributed by atoms with van der Waals surface area (Å²) >= 11 is 0. The molecule has 1 N–H and O–H groups in total. The van der Waals surface area contributed by atoms with Crippen molar-refractivity contribution in [2.75, 3.05) is 20.3 Å². The van der Waals surface area contributed by atoms with Crippen LogP contribution in [0.2, 0.25) is 0 Å². The molecular formula is C13H23NO3. The zero-order valence-electron chi connectivity index (χ0n) is 10.8. The van der Waals surface area contributed by atoms with Gasteiger partial charge in [0.25, 0.3) is 0 Å². The van der Waals surface area contributed by atoms with Crippen molar-refractivity contribution in [2.45, 2.75) is 44.8 Å². The summed E-state index contributed by atoms with van der Waals surface area (Å²) in [6.45, 7) is 3.06. The van der Waals surface area contributed by atoms with E-state index in [1.807, 2.05) is 4.90 Å². The van der Waals surface area contributed by atoms with Gasteiger partial charge in [-0.1, -0.05) is 13.3 Å². The molecule has 2 bridgehead atoms. The second-order valence-corrected chi connectivity index (χ2v) is 5.38. The molecule has 0 spiro atoms. The van der Waals surface area contributed by atoms with Crippen molar-refractivity contribution in [3.05, 3.63) is 0 Å². The molecule has 4 atom stereocenters. The Morgan fingerprint density at radius 2 is 2.24 bits per heavy atom. The number of hydrogen-bond acceptors (Lipinski definition) is 3. The number of piperidine rings is 1. The first-order valence-corrected chi connectivity index (χ1v) is 6.63. The Balaban J connectivity index is 2.13. The maximum Gasteiger partial charge on any atom is 0.248 e. The van der Waals surface area contributed by atoms with Crippen LogP contribution in [0.4, 0.5) is 0 Å². The van der Waals surface area contributed by atoms with E-state index in [-0.39, 0.29) is 24.7 Å². The molecule has 17 heavy (non-hydrogen) atoms. The zero-order chi connectivity index (χ0) is 12.4. The third kappa shape index (κ3) is 2.47. The first kappa shape index (κ1) is 12.8. The van der Waals surface area contributed by atoms with E-state index >= 15 is 0 Å². The third-order valence-corrected chi connectivity index (χ3v) is 4.35. The number of ether oxygens (including phenoxy) is 1. The van der Waals surface area contributed by atoms with E-state index in [2.05, 4.69) is 6.92 Å². The molecular weight excluding hydrogens is 218 g/mol. The molecule has 2 heterocycles. The zero-order valence-corrected chi connectivity index (χ0v) is 10.8. The Morgan fingerprint density at radius 1 is 1.47 bits per heavy atom. The highest BCUT2D eigenvalue weighted by atomic mass is 16.5. The summed E-state index contributed by atoms with van der Waals surface area (Å²) in [4.78, 5) is 13.8. The van der Waals surface area contributed by atoms with Crippen LogP contribution in [0, 0.1) is 11.8 Å². The highest BCUT2D eigenvalue weighted by Crippen LogP contribution is 2.37. The van der Waals surface area contributed by atoms with Gasteiger partial charge in [-0.15, -0.1) is 0 Å². The van der Waals surface area contributed by atoms with E-state index in [1.54, 1.807) is 7.11 Å². The van der Waals surface area contributed by atoms with Crippen molar-refractivity contribution < 1.29 is 14.6 Å². The van der Waals surface area contributed by atoms with Crippen molar-refractivity contribution in [1.29, 1.82) is 0 Å². The summed E-state index contributed by atoms with van der Waals surface area (Å²) in [6.07, 6.45) is 3.80. The van der Waals surface area contributed by atoms with Gasteiger partial charge in [-0.25, -0.2) is 0 Å².